The molecular weight excluding hydrogens is 358 g/mol. The summed E-state index contributed by atoms with van der Waals surface area (Å²) in [6.45, 7) is 3.81. The fourth-order valence-electron chi connectivity index (χ4n) is 2.94. The number of para-hydroxylation sites is 1. The van der Waals surface area contributed by atoms with Gasteiger partial charge in [-0.25, -0.2) is 13.1 Å². The Morgan fingerprint density at radius 3 is 2.72 bits per heavy atom. The van der Waals surface area contributed by atoms with Crippen LogP contribution in [-0.2, 0) is 23.1 Å². The van der Waals surface area contributed by atoms with Crippen LogP contribution >= 0.6 is 11.6 Å². The average Bonchev–Trinajstić information content (AvgIpc) is 2.95. The van der Waals surface area contributed by atoms with Crippen molar-refractivity contribution in [1.29, 1.82) is 0 Å². The standard InChI is InChI=1S/C19H22ClNO3S/c1-13(2)25(22,23)21-18-10-8-15-11-14(7-9-16(15)18)12-24-19-6-4-3-5-17(19)20/h3-7,9,11,13,18,21H,8,10,12H2,1-2H3. The summed E-state index contributed by atoms with van der Waals surface area (Å²) in [6, 6.07) is 13.3. The zero-order valence-corrected chi connectivity index (χ0v) is 15.9. The number of hydrogen-bond acceptors (Lipinski definition) is 3. The van der Waals surface area contributed by atoms with Crippen LogP contribution < -0.4 is 9.46 Å². The van der Waals surface area contributed by atoms with Crippen molar-refractivity contribution in [2.45, 2.75) is 44.6 Å². The van der Waals surface area contributed by atoms with Gasteiger partial charge in [0.25, 0.3) is 0 Å². The van der Waals surface area contributed by atoms with Gasteiger partial charge in [0.1, 0.15) is 12.4 Å². The van der Waals surface area contributed by atoms with E-state index in [9.17, 15) is 8.42 Å². The minimum Gasteiger partial charge on any atom is -0.487 e. The Bertz CT molecular complexity index is 865. The van der Waals surface area contributed by atoms with E-state index in [1.54, 1.807) is 19.9 Å². The normalized spacial score (nSPS) is 16.9. The quantitative estimate of drug-likeness (QED) is 0.816. The van der Waals surface area contributed by atoms with E-state index >= 15 is 0 Å². The van der Waals surface area contributed by atoms with E-state index in [0.717, 1.165) is 24.0 Å². The largest absolute Gasteiger partial charge is 0.487 e. The van der Waals surface area contributed by atoms with Crippen molar-refractivity contribution in [3.8, 4) is 5.75 Å². The van der Waals surface area contributed by atoms with Crippen LogP contribution in [0.4, 0.5) is 0 Å². The Labute approximate surface area is 154 Å². The van der Waals surface area contributed by atoms with E-state index in [2.05, 4.69) is 10.8 Å². The highest BCUT2D eigenvalue weighted by Gasteiger charge is 2.28. The molecule has 134 valence electrons. The summed E-state index contributed by atoms with van der Waals surface area (Å²) in [5, 5.41) is 0.159. The Morgan fingerprint density at radius 1 is 1.24 bits per heavy atom. The third-order valence-corrected chi connectivity index (χ3v) is 6.61. The topological polar surface area (TPSA) is 55.4 Å². The molecule has 6 heteroatoms. The van der Waals surface area contributed by atoms with E-state index < -0.39 is 15.3 Å². The number of hydrogen-bond donors (Lipinski definition) is 1. The van der Waals surface area contributed by atoms with Crippen LogP contribution in [0.5, 0.6) is 5.75 Å². The van der Waals surface area contributed by atoms with Gasteiger partial charge in [-0.1, -0.05) is 41.9 Å². The van der Waals surface area contributed by atoms with E-state index in [-0.39, 0.29) is 6.04 Å². The van der Waals surface area contributed by atoms with Crippen LogP contribution in [0.2, 0.25) is 5.02 Å². The summed E-state index contributed by atoms with van der Waals surface area (Å²) < 4.78 is 32.8. The van der Waals surface area contributed by atoms with Crippen molar-refractivity contribution >= 4 is 21.6 Å². The lowest BCUT2D eigenvalue weighted by Gasteiger charge is -2.17. The molecule has 0 spiro atoms. The van der Waals surface area contributed by atoms with E-state index in [4.69, 9.17) is 16.3 Å². The smallest absolute Gasteiger partial charge is 0.214 e. The van der Waals surface area contributed by atoms with Crippen molar-refractivity contribution in [1.82, 2.24) is 4.72 Å². The number of rotatable bonds is 6. The van der Waals surface area contributed by atoms with E-state index in [0.29, 0.717) is 17.4 Å². The third kappa shape index (κ3) is 4.17. The lowest BCUT2D eigenvalue weighted by molar-refractivity contribution is 0.306. The predicted molar refractivity (Wildman–Crippen MR) is 100 cm³/mol. The molecule has 0 saturated carbocycles. The maximum absolute atomic E-state index is 12.1. The summed E-state index contributed by atoms with van der Waals surface area (Å²) in [7, 11) is -3.27. The first-order valence-electron chi connectivity index (χ1n) is 8.37. The molecule has 0 aliphatic heterocycles. The van der Waals surface area contributed by atoms with Crippen molar-refractivity contribution in [3.05, 3.63) is 64.2 Å². The highest BCUT2D eigenvalue weighted by Crippen LogP contribution is 2.33. The van der Waals surface area contributed by atoms with Crippen LogP contribution in [0.15, 0.2) is 42.5 Å². The van der Waals surface area contributed by atoms with Gasteiger partial charge in [0.05, 0.1) is 10.3 Å². The fraction of sp³-hybridized carbons (Fsp3) is 0.368. The highest BCUT2D eigenvalue weighted by atomic mass is 35.5. The molecule has 0 heterocycles. The van der Waals surface area contributed by atoms with Crippen LogP contribution in [0, 0.1) is 0 Å². The number of nitrogens with one attached hydrogen (secondary N) is 1. The van der Waals surface area contributed by atoms with Gasteiger partial charge in [-0.2, -0.15) is 0 Å². The SMILES string of the molecule is CC(C)S(=O)(=O)NC1CCc2cc(COc3ccccc3Cl)ccc21. The Kier molecular flexibility index (Phi) is 5.37. The van der Waals surface area contributed by atoms with Crippen LogP contribution in [0.3, 0.4) is 0 Å². The molecule has 25 heavy (non-hydrogen) atoms. The van der Waals surface area contributed by atoms with E-state index in [1.807, 2.05) is 30.3 Å². The lowest BCUT2D eigenvalue weighted by atomic mass is 10.1. The molecule has 0 saturated heterocycles. The number of fused-ring (bicyclic) bond motifs is 1. The molecule has 2 aromatic rings. The Morgan fingerprint density at radius 2 is 2.00 bits per heavy atom. The number of aryl methyl sites for hydroxylation is 1. The Balaban J connectivity index is 1.70. The summed E-state index contributed by atoms with van der Waals surface area (Å²) in [5.41, 5.74) is 3.29. The van der Waals surface area contributed by atoms with Crippen molar-refractivity contribution < 1.29 is 13.2 Å². The maximum Gasteiger partial charge on any atom is 0.214 e. The monoisotopic (exact) mass is 379 g/mol. The molecule has 1 N–H and O–H groups in total. The van der Waals surface area contributed by atoms with Gasteiger partial charge in [-0.15, -0.1) is 0 Å². The van der Waals surface area contributed by atoms with Gasteiger partial charge >= 0.3 is 0 Å². The average molecular weight is 380 g/mol. The van der Waals surface area contributed by atoms with Gasteiger partial charge in [0.2, 0.25) is 10.0 Å². The predicted octanol–water partition coefficient (Wildman–Crippen LogP) is 4.23. The Hall–Kier alpha value is -1.56. The molecule has 1 unspecified atom stereocenters. The van der Waals surface area contributed by atoms with Gasteiger partial charge < -0.3 is 4.74 Å². The molecule has 0 aromatic heterocycles. The first-order valence-corrected chi connectivity index (χ1v) is 10.3. The molecule has 0 amide bonds. The van der Waals surface area contributed by atoms with Crippen LogP contribution in [0.25, 0.3) is 0 Å². The van der Waals surface area contributed by atoms with Crippen LogP contribution in [-0.4, -0.2) is 13.7 Å². The fourth-order valence-corrected chi connectivity index (χ4v) is 4.04. The summed E-state index contributed by atoms with van der Waals surface area (Å²) >= 11 is 6.10. The molecule has 0 radical (unpaired) electrons. The molecule has 2 aromatic carbocycles. The van der Waals surface area contributed by atoms with Gasteiger partial charge in [0.15, 0.2) is 0 Å². The number of halogens is 1. The van der Waals surface area contributed by atoms with Gasteiger partial charge in [-0.3, -0.25) is 0 Å². The summed E-state index contributed by atoms with van der Waals surface area (Å²) in [5.74, 6) is 0.659. The molecule has 1 atom stereocenters. The molecule has 1 aliphatic carbocycles. The second-order valence-electron chi connectivity index (χ2n) is 6.56. The van der Waals surface area contributed by atoms with Crippen molar-refractivity contribution in [2.24, 2.45) is 0 Å². The summed E-state index contributed by atoms with van der Waals surface area (Å²) in [4.78, 5) is 0. The van der Waals surface area contributed by atoms with Crippen molar-refractivity contribution in [3.63, 3.8) is 0 Å². The van der Waals surface area contributed by atoms with Gasteiger partial charge in [0, 0.05) is 6.04 Å². The number of sulfonamides is 1. The second-order valence-corrected chi connectivity index (χ2v) is 9.23. The third-order valence-electron chi connectivity index (χ3n) is 4.44. The number of ether oxygens (including phenoxy) is 1. The summed E-state index contributed by atoms with van der Waals surface area (Å²) in [6.07, 6.45) is 1.65. The first-order chi connectivity index (χ1) is 11.9. The minimum absolute atomic E-state index is 0.138. The maximum atomic E-state index is 12.1. The number of benzene rings is 2. The van der Waals surface area contributed by atoms with E-state index in [1.165, 1.54) is 5.56 Å². The zero-order chi connectivity index (χ0) is 18.0. The van der Waals surface area contributed by atoms with Crippen LogP contribution in [0.1, 0.15) is 43.0 Å². The minimum atomic E-state index is -3.27. The van der Waals surface area contributed by atoms with Gasteiger partial charge in [-0.05, 0) is 55.5 Å². The molecule has 0 bridgehead atoms. The van der Waals surface area contributed by atoms with Crippen molar-refractivity contribution in [2.75, 3.05) is 0 Å². The molecule has 3 rings (SSSR count). The molecule has 0 fully saturated rings. The zero-order valence-electron chi connectivity index (χ0n) is 14.3. The second kappa shape index (κ2) is 7.36. The lowest BCUT2D eigenvalue weighted by Crippen LogP contribution is -2.33. The first kappa shape index (κ1) is 18.2. The highest BCUT2D eigenvalue weighted by molar-refractivity contribution is 7.90. The molecule has 4 nitrogen and oxygen atoms in total. The molecule has 1 aliphatic rings. The molecular formula is C19H22ClNO3S.